The number of nitrogens with two attached hydrogens (primary N) is 1. The lowest BCUT2D eigenvalue weighted by Crippen LogP contribution is -2.28. The third kappa shape index (κ3) is 4.32. The van der Waals surface area contributed by atoms with Crippen molar-refractivity contribution in [2.24, 2.45) is 5.73 Å². The largest absolute Gasteiger partial charge is 0.497 e. The molecule has 1 heterocycles. The van der Waals surface area contributed by atoms with E-state index >= 15 is 0 Å². The van der Waals surface area contributed by atoms with Gasteiger partial charge in [-0.05, 0) is 41.5 Å². The second kappa shape index (κ2) is 8.58. The Hall–Kier alpha value is -3.32. The van der Waals surface area contributed by atoms with Crippen LogP contribution in [0.5, 0.6) is 11.5 Å². The lowest BCUT2D eigenvalue weighted by Gasteiger charge is -2.20. The molecule has 2 amide bonds. The molecule has 3 rings (SSSR count). The summed E-state index contributed by atoms with van der Waals surface area (Å²) in [6.07, 6.45) is 0. The van der Waals surface area contributed by atoms with E-state index in [1.54, 1.807) is 19.6 Å². The molecular formula is C21H20N2O4S. The van der Waals surface area contributed by atoms with Crippen LogP contribution < -0.4 is 20.5 Å². The summed E-state index contributed by atoms with van der Waals surface area (Å²) in [6.45, 7) is 0. The highest BCUT2D eigenvalue weighted by Crippen LogP contribution is 2.27. The highest BCUT2D eigenvalue weighted by molar-refractivity contribution is 7.12. The molecule has 0 aliphatic carbocycles. The van der Waals surface area contributed by atoms with Gasteiger partial charge < -0.3 is 20.5 Å². The van der Waals surface area contributed by atoms with Crippen molar-refractivity contribution in [2.45, 2.75) is 6.04 Å². The molecule has 0 radical (unpaired) electrons. The summed E-state index contributed by atoms with van der Waals surface area (Å²) in [5.74, 6) is 0.618. The number of primary amides is 1. The first-order chi connectivity index (χ1) is 13.5. The van der Waals surface area contributed by atoms with Crippen LogP contribution in [-0.2, 0) is 0 Å². The van der Waals surface area contributed by atoms with Crippen molar-refractivity contribution in [1.29, 1.82) is 0 Å². The van der Waals surface area contributed by atoms with Crippen LogP contribution in [0.3, 0.4) is 0 Å². The predicted molar refractivity (Wildman–Crippen MR) is 108 cm³/mol. The second-order valence-corrected chi connectivity index (χ2v) is 6.93. The molecule has 0 saturated heterocycles. The van der Waals surface area contributed by atoms with Gasteiger partial charge in [-0.3, -0.25) is 9.59 Å². The maximum Gasteiger partial charge on any atom is 0.262 e. The summed E-state index contributed by atoms with van der Waals surface area (Å²) in [4.78, 5) is 24.5. The van der Waals surface area contributed by atoms with Crippen molar-refractivity contribution in [3.05, 3.63) is 81.5 Å². The van der Waals surface area contributed by atoms with Crippen LogP contribution in [-0.4, -0.2) is 26.0 Å². The molecule has 0 bridgehead atoms. The molecule has 0 atom stereocenters. The van der Waals surface area contributed by atoms with Gasteiger partial charge in [0.2, 0.25) is 5.91 Å². The molecular weight excluding hydrogens is 376 g/mol. The van der Waals surface area contributed by atoms with Gasteiger partial charge in [-0.15, -0.1) is 11.3 Å². The standard InChI is InChI=1S/C21H20N2O4S/c1-26-16-7-3-13(4-8-16)19(14-5-9-17(27-2)10-6-14)23-21(25)18-11-15(12-28-18)20(22)24/h3-12,19H,1-2H3,(H2,22,24)(H,23,25). The van der Waals surface area contributed by atoms with Crippen LogP contribution in [0.2, 0.25) is 0 Å². The Kier molecular flexibility index (Phi) is 5.96. The van der Waals surface area contributed by atoms with Gasteiger partial charge in [0.05, 0.1) is 30.7 Å². The fraction of sp³-hybridized carbons (Fsp3) is 0.143. The summed E-state index contributed by atoms with van der Waals surface area (Å²) in [5, 5.41) is 4.61. The Bertz CT molecular complexity index is 917. The number of amides is 2. The Labute approximate surface area is 166 Å². The van der Waals surface area contributed by atoms with E-state index in [0.717, 1.165) is 22.6 Å². The number of rotatable bonds is 7. The summed E-state index contributed by atoms with van der Waals surface area (Å²) >= 11 is 1.18. The summed E-state index contributed by atoms with van der Waals surface area (Å²) in [6, 6.07) is 16.1. The van der Waals surface area contributed by atoms with E-state index in [9.17, 15) is 9.59 Å². The molecule has 0 unspecified atom stereocenters. The molecule has 2 aromatic carbocycles. The number of thiophene rings is 1. The van der Waals surface area contributed by atoms with Crippen molar-refractivity contribution in [2.75, 3.05) is 14.2 Å². The van der Waals surface area contributed by atoms with E-state index in [-0.39, 0.29) is 11.9 Å². The number of hydrogen-bond donors (Lipinski definition) is 2. The molecule has 1 aromatic heterocycles. The van der Waals surface area contributed by atoms with Gasteiger partial charge in [-0.2, -0.15) is 0 Å². The van der Waals surface area contributed by atoms with E-state index in [1.807, 2.05) is 48.5 Å². The number of methoxy groups -OCH3 is 2. The molecule has 7 heteroatoms. The molecule has 0 aliphatic rings. The van der Waals surface area contributed by atoms with E-state index in [1.165, 1.54) is 17.4 Å². The predicted octanol–water partition coefficient (Wildman–Crippen LogP) is 3.38. The van der Waals surface area contributed by atoms with Gasteiger partial charge in [0.25, 0.3) is 5.91 Å². The Morgan fingerprint density at radius 2 is 1.43 bits per heavy atom. The Morgan fingerprint density at radius 3 is 1.82 bits per heavy atom. The maximum atomic E-state index is 12.8. The van der Waals surface area contributed by atoms with E-state index in [0.29, 0.717) is 10.4 Å². The first kappa shape index (κ1) is 19.4. The van der Waals surface area contributed by atoms with Gasteiger partial charge in [0.1, 0.15) is 11.5 Å². The minimum absolute atomic E-state index is 0.283. The molecule has 28 heavy (non-hydrogen) atoms. The highest BCUT2D eigenvalue weighted by Gasteiger charge is 2.20. The molecule has 3 N–H and O–H groups in total. The third-order valence-electron chi connectivity index (χ3n) is 4.28. The fourth-order valence-electron chi connectivity index (χ4n) is 2.74. The van der Waals surface area contributed by atoms with Crippen LogP contribution in [0.25, 0.3) is 0 Å². The van der Waals surface area contributed by atoms with Crippen LogP contribution in [0, 0.1) is 0 Å². The minimum Gasteiger partial charge on any atom is -0.497 e. The molecule has 0 saturated carbocycles. The van der Waals surface area contributed by atoms with Crippen molar-refractivity contribution in [1.82, 2.24) is 5.32 Å². The van der Waals surface area contributed by atoms with Crippen molar-refractivity contribution >= 4 is 23.2 Å². The number of ether oxygens (including phenoxy) is 2. The second-order valence-electron chi connectivity index (χ2n) is 6.02. The van der Waals surface area contributed by atoms with Gasteiger partial charge >= 0.3 is 0 Å². The fourth-order valence-corrected chi connectivity index (χ4v) is 3.54. The first-order valence-electron chi connectivity index (χ1n) is 8.49. The molecule has 0 fully saturated rings. The number of nitrogens with one attached hydrogen (secondary N) is 1. The normalized spacial score (nSPS) is 10.5. The summed E-state index contributed by atoms with van der Waals surface area (Å²) in [5.41, 5.74) is 7.39. The summed E-state index contributed by atoms with van der Waals surface area (Å²) < 4.78 is 10.4. The number of hydrogen-bond acceptors (Lipinski definition) is 5. The first-order valence-corrected chi connectivity index (χ1v) is 9.37. The van der Waals surface area contributed by atoms with Gasteiger partial charge in [-0.25, -0.2) is 0 Å². The van der Waals surface area contributed by atoms with Gasteiger partial charge in [-0.1, -0.05) is 24.3 Å². The Morgan fingerprint density at radius 1 is 0.929 bits per heavy atom. The smallest absolute Gasteiger partial charge is 0.262 e. The van der Waals surface area contributed by atoms with Crippen LogP contribution in [0.1, 0.15) is 37.2 Å². The van der Waals surface area contributed by atoms with E-state index < -0.39 is 5.91 Å². The van der Waals surface area contributed by atoms with Crippen molar-refractivity contribution in [3.63, 3.8) is 0 Å². The molecule has 144 valence electrons. The van der Waals surface area contributed by atoms with Crippen LogP contribution in [0.15, 0.2) is 60.0 Å². The van der Waals surface area contributed by atoms with E-state index in [4.69, 9.17) is 15.2 Å². The van der Waals surface area contributed by atoms with Crippen molar-refractivity contribution in [3.8, 4) is 11.5 Å². The van der Waals surface area contributed by atoms with Crippen LogP contribution in [0.4, 0.5) is 0 Å². The number of carbonyl (C=O) groups is 2. The maximum absolute atomic E-state index is 12.8. The SMILES string of the molecule is COc1ccc(C(NC(=O)c2cc(C(N)=O)cs2)c2ccc(OC)cc2)cc1. The van der Waals surface area contributed by atoms with E-state index in [2.05, 4.69) is 5.32 Å². The quantitative estimate of drug-likeness (QED) is 0.641. The summed E-state index contributed by atoms with van der Waals surface area (Å²) in [7, 11) is 3.20. The average Bonchev–Trinajstić information content (AvgIpc) is 3.23. The number of carbonyl (C=O) groups excluding carboxylic acids is 2. The van der Waals surface area contributed by atoms with Gasteiger partial charge in [0.15, 0.2) is 0 Å². The highest BCUT2D eigenvalue weighted by atomic mass is 32.1. The van der Waals surface area contributed by atoms with Crippen molar-refractivity contribution < 1.29 is 19.1 Å². The van der Waals surface area contributed by atoms with Crippen LogP contribution >= 0.6 is 11.3 Å². The third-order valence-corrected chi connectivity index (χ3v) is 5.21. The average molecular weight is 396 g/mol. The monoisotopic (exact) mass is 396 g/mol. The topological polar surface area (TPSA) is 90.6 Å². The molecule has 3 aromatic rings. The zero-order valence-electron chi connectivity index (χ0n) is 15.5. The minimum atomic E-state index is -0.558. The zero-order chi connectivity index (χ0) is 20.1. The molecule has 0 spiro atoms. The van der Waals surface area contributed by atoms with Gasteiger partial charge in [0, 0.05) is 5.38 Å². The number of benzene rings is 2. The zero-order valence-corrected chi connectivity index (χ0v) is 16.3. The lowest BCUT2D eigenvalue weighted by atomic mass is 9.98. The lowest BCUT2D eigenvalue weighted by molar-refractivity contribution is 0.0947. The Balaban J connectivity index is 1.91. The molecule has 6 nitrogen and oxygen atoms in total. The molecule has 0 aliphatic heterocycles.